The third-order valence-corrected chi connectivity index (χ3v) is 4.92. The molecule has 4 rings (SSSR count). The summed E-state index contributed by atoms with van der Waals surface area (Å²) < 4.78 is 13.1. The fourth-order valence-electron chi connectivity index (χ4n) is 3.53. The highest BCUT2D eigenvalue weighted by molar-refractivity contribution is 5.94. The number of nitrogens with one attached hydrogen (secondary N) is 1. The van der Waals surface area contributed by atoms with Gasteiger partial charge in [0, 0.05) is 37.6 Å². The summed E-state index contributed by atoms with van der Waals surface area (Å²) >= 11 is 0. The maximum Gasteiger partial charge on any atom is 0.251 e. The van der Waals surface area contributed by atoms with Crippen LogP contribution in [0.25, 0.3) is 5.82 Å². The Labute approximate surface area is 145 Å². The molecule has 0 bridgehead atoms. The number of carbonyl (C=O) groups is 1. The third kappa shape index (κ3) is 3.54. The summed E-state index contributed by atoms with van der Waals surface area (Å²) in [4.78, 5) is 16.9. The zero-order chi connectivity index (χ0) is 17.1. The van der Waals surface area contributed by atoms with E-state index in [0.717, 1.165) is 38.9 Å². The topological polar surface area (TPSA) is 91.2 Å². The molecule has 1 amide bonds. The minimum Gasteiger partial charge on any atom is -0.381 e. The van der Waals surface area contributed by atoms with Crippen molar-refractivity contribution in [2.24, 2.45) is 0 Å². The van der Waals surface area contributed by atoms with Crippen LogP contribution in [0.2, 0.25) is 0 Å². The van der Waals surface area contributed by atoms with E-state index in [1.54, 1.807) is 35.6 Å². The van der Waals surface area contributed by atoms with Crippen molar-refractivity contribution >= 4 is 5.91 Å². The summed E-state index contributed by atoms with van der Waals surface area (Å²) in [5, 5.41) is 10.7. The lowest BCUT2D eigenvalue weighted by Crippen LogP contribution is -2.51. The Hall–Kier alpha value is -2.32. The molecule has 1 atom stereocenters. The average molecular weight is 343 g/mol. The van der Waals surface area contributed by atoms with E-state index in [-0.39, 0.29) is 17.6 Å². The molecule has 4 heterocycles. The standard InChI is InChI=1S/C17H21N5O3/c23-16(13-1-5-18-15(9-13)22-11-19-20-12-22)21-14-2-6-25-17(10-14)3-7-24-8-4-17/h1,5,9,11-12,14H,2-4,6-8,10H2,(H,21,23)/t14-/m1/s1. The number of aromatic nitrogens is 4. The summed E-state index contributed by atoms with van der Waals surface area (Å²) in [6, 6.07) is 3.57. The van der Waals surface area contributed by atoms with Crippen LogP contribution in [0.5, 0.6) is 0 Å². The third-order valence-electron chi connectivity index (χ3n) is 4.92. The van der Waals surface area contributed by atoms with Crippen molar-refractivity contribution in [2.75, 3.05) is 19.8 Å². The molecule has 2 saturated heterocycles. The summed E-state index contributed by atoms with van der Waals surface area (Å²) in [7, 11) is 0. The smallest absolute Gasteiger partial charge is 0.251 e. The Kier molecular flexibility index (Phi) is 4.46. The van der Waals surface area contributed by atoms with Gasteiger partial charge in [0.15, 0.2) is 0 Å². The summed E-state index contributed by atoms with van der Waals surface area (Å²) in [5.41, 5.74) is 0.437. The number of amides is 1. The number of nitrogens with zero attached hydrogens (tertiary/aromatic N) is 4. The van der Waals surface area contributed by atoms with E-state index in [0.29, 0.717) is 18.0 Å². The first-order valence-electron chi connectivity index (χ1n) is 8.58. The Morgan fingerprint density at radius 3 is 2.84 bits per heavy atom. The Morgan fingerprint density at radius 1 is 1.24 bits per heavy atom. The lowest BCUT2D eigenvalue weighted by atomic mass is 9.84. The van der Waals surface area contributed by atoms with Gasteiger partial charge >= 0.3 is 0 Å². The highest BCUT2D eigenvalue weighted by Crippen LogP contribution is 2.34. The summed E-state index contributed by atoms with van der Waals surface area (Å²) in [6.45, 7) is 2.13. The zero-order valence-corrected chi connectivity index (χ0v) is 13.9. The summed E-state index contributed by atoms with van der Waals surface area (Å²) in [5.74, 6) is 0.524. The molecule has 0 unspecified atom stereocenters. The van der Waals surface area contributed by atoms with Gasteiger partial charge in [0.25, 0.3) is 5.91 Å². The molecule has 2 aliphatic rings. The second-order valence-corrected chi connectivity index (χ2v) is 6.58. The number of ether oxygens (including phenoxy) is 2. The van der Waals surface area contributed by atoms with E-state index in [2.05, 4.69) is 20.5 Å². The van der Waals surface area contributed by atoms with Gasteiger partial charge < -0.3 is 14.8 Å². The van der Waals surface area contributed by atoms with Crippen molar-refractivity contribution in [1.29, 1.82) is 0 Å². The van der Waals surface area contributed by atoms with Crippen LogP contribution in [-0.4, -0.2) is 57.1 Å². The second-order valence-electron chi connectivity index (χ2n) is 6.58. The highest BCUT2D eigenvalue weighted by Gasteiger charge is 2.39. The second kappa shape index (κ2) is 6.89. The molecule has 2 aromatic heterocycles. The van der Waals surface area contributed by atoms with Crippen LogP contribution >= 0.6 is 0 Å². The Bertz CT molecular complexity index is 722. The number of hydrogen-bond acceptors (Lipinski definition) is 6. The molecule has 25 heavy (non-hydrogen) atoms. The molecule has 1 N–H and O–H groups in total. The van der Waals surface area contributed by atoms with Gasteiger partial charge in [-0.2, -0.15) is 0 Å². The van der Waals surface area contributed by atoms with Crippen LogP contribution in [-0.2, 0) is 9.47 Å². The van der Waals surface area contributed by atoms with Crippen LogP contribution in [0.1, 0.15) is 36.0 Å². The predicted octanol–water partition coefficient (Wildman–Crippen LogP) is 1.12. The fraction of sp³-hybridized carbons (Fsp3) is 0.529. The van der Waals surface area contributed by atoms with E-state index in [1.165, 1.54) is 0 Å². The van der Waals surface area contributed by atoms with E-state index in [1.807, 2.05) is 0 Å². The number of pyridine rings is 1. The lowest BCUT2D eigenvalue weighted by Gasteiger charge is -2.43. The van der Waals surface area contributed by atoms with Gasteiger partial charge in [0.05, 0.1) is 5.60 Å². The molecule has 0 saturated carbocycles. The molecule has 8 heteroatoms. The van der Waals surface area contributed by atoms with Gasteiger partial charge in [-0.25, -0.2) is 4.98 Å². The van der Waals surface area contributed by atoms with Crippen LogP contribution in [0.15, 0.2) is 31.0 Å². The SMILES string of the molecule is O=C(N[C@@H]1CCOC2(CCOCC2)C1)c1ccnc(-n2cnnc2)c1. The quantitative estimate of drug-likeness (QED) is 0.898. The molecule has 0 radical (unpaired) electrons. The van der Waals surface area contributed by atoms with Gasteiger partial charge in [-0.05, 0) is 37.8 Å². The first kappa shape index (κ1) is 16.2. The average Bonchev–Trinajstić information content (AvgIpc) is 3.17. The van der Waals surface area contributed by atoms with E-state index >= 15 is 0 Å². The van der Waals surface area contributed by atoms with Crippen molar-refractivity contribution in [3.8, 4) is 5.82 Å². The van der Waals surface area contributed by atoms with Gasteiger partial charge in [-0.1, -0.05) is 0 Å². The van der Waals surface area contributed by atoms with Crippen molar-refractivity contribution in [3.05, 3.63) is 36.5 Å². The largest absolute Gasteiger partial charge is 0.381 e. The Balaban J connectivity index is 1.44. The first-order valence-corrected chi connectivity index (χ1v) is 8.58. The van der Waals surface area contributed by atoms with Gasteiger partial charge in [0.2, 0.25) is 0 Å². The number of hydrogen-bond donors (Lipinski definition) is 1. The first-order chi connectivity index (χ1) is 12.2. The number of rotatable bonds is 3. The normalized spacial score (nSPS) is 22.6. The van der Waals surface area contributed by atoms with E-state index in [9.17, 15) is 4.79 Å². The maximum absolute atomic E-state index is 12.7. The van der Waals surface area contributed by atoms with Crippen molar-refractivity contribution in [3.63, 3.8) is 0 Å². The molecular weight excluding hydrogens is 322 g/mol. The monoisotopic (exact) mass is 343 g/mol. The molecular formula is C17H21N5O3. The molecule has 2 aromatic rings. The van der Waals surface area contributed by atoms with Crippen molar-refractivity contribution in [2.45, 2.75) is 37.3 Å². The van der Waals surface area contributed by atoms with Crippen LogP contribution in [0.4, 0.5) is 0 Å². The molecule has 132 valence electrons. The van der Waals surface area contributed by atoms with Crippen LogP contribution in [0, 0.1) is 0 Å². The van der Waals surface area contributed by atoms with Crippen LogP contribution in [0.3, 0.4) is 0 Å². The molecule has 2 aliphatic heterocycles. The predicted molar refractivity (Wildman–Crippen MR) is 88.4 cm³/mol. The Morgan fingerprint density at radius 2 is 2.04 bits per heavy atom. The molecule has 2 fully saturated rings. The van der Waals surface area contributed by atoms with Gasteiger partial charge in [0.1, 0.15) is 18.5 Å². The zero-order valence-electron chi connectivity index (χ0n) is 13.9. The van der Waals surface area contributed by atoms with Gasteiger partial charge in [-0.15, -0.1) is 10.2 Å². The van der Waals surface area contributed by atoms with Gasteiger partial charge in [-0.3, -0.25) is 9.36 Å². The maximum atomic E-state index is 12.7. The van der Waals surface area contributed by atoms with E-state index < -0.39 is 0 Å². The fourth-order valence-corrected chi connectivity index (χ4v) is 3.53. The van der Waals surface area contributed by atoms with Crippen LogP contribution < -0.4 is 5.32 Å². The molecule has 1 spiro atoms. The minimum absolute atomic E-state index is 0.0918. The minimum atomic E-state index is -0.139. The van der Waals surface area contributed by atoms with Crippen molar-refractivity contribution < 1.29 is 14.3 Å². The molecule has 8 nitrogen and oxygen atoms in total. The highest BCUT2D eigenvalue weighted by atomic mass is 16.5. The lowest BCUT2D eigenvalue weighted by molar-refractivity contribution is -0.139. The number of carbonyl (C=O) groups excluding carboxylic acids is 1. The van der Waals surface area contributed by atoms with Crippen molar-refractivity contribution in [1.82, 2.24) is 25.1 Å². The molecule has 0 aromatic carbocycles. The molecule has 0 aliphatic carbocycles. The van der Waals surface area contributed by atoms with E-state index in [4.69, 9.17) is 9.47 Å². The summed E-state index contributed by atoms with van der Waals surface area (Å²) in [6.07, 6.45) is 8.19.